The van der Waals surface area contributed by atoms with E-state index in [4.69, 9.17) is 13.7 Å². The number of unbranched alkanes of at least 4 members (excludes halogenated alkanes) is 3. The average Bonchev–Trinajstić information content (AvgIpc) is 3.31. The number of esters is 1. The Balaban J connectivity index is 1.57. The van der Waals surface area contributed by atoms with Gasteiger partial charge in [-0.05, 0) is 81.5 Å². The molecule has 5 atom stereocenters. The molecule has 2 saturated carbocycles. The number of hydrogen-bond donors (Lipinski definition) is 1. The summed E-state index contributed by atoms with van der Waals surface area (Å²) in [7, 11) is -2.99. The monoisotopic (exact) mass is 736 g/mol. The number of ether oxygens (including phenoxy) is 2. The number of alkyl carbamates (subject to hydrolysis) is 1. The summed E-state index contributed by atoms with van der Waals surface area (Å²) in [6.07, 6.45) is 8.38. The number of halogens is 1. The third-order valence-corrected chi connectivity index (χ3v) is 11.3. The van der Waals surface area contributed by atoms with Crippen LogP contribution >= 0.6 is 15.9 Å². The number of ketones is 1. The van der Waals surface area contributed by atoms with Gasteiger partial charge in [0.05, 0.1) is 29.6 Å². The summed E-state index contributed by atoms with van der Waals surface area (Å²) in [5.74, 6) is -1.75. The van der Waals surface area contributed by atoms with Crippen molar-refractivity contribution in [2.24, 2.45) is 11.3 Å². The molecule has 1 N–H and O–H groups in total. The van der Waals surface area contributed by atoms with Gasteiger partial charge in [-0.15, -0.1) is 13.2 Å². The number of carbonyl (C=O) groups excluding carboxylic acids is 4. The standard InChI is InChI=1S/C34H45BrN2O9S/c1-4-6-7-8-9-14-28(36-33(41)45-25-12-10-11-13-25)31(39)37-22-26(46-47(42,43)27-17-15-24(35)16-18-27)19-29(37)30(38)21-34(32(40)44-3)20-23(34)5-2/h4-5,15-18,23,25-26,28-29H,1-2,6-14,19-22H2,3H3,(H,36,41)/t23-,26+,28+,29+,34-/m1/s1. The Bertz CT molecular complexity index is 1430. The predicted octanol–water partition coefficient (Wildman–Crippen LogP) is 5.62. The van der Waals surface area contributed by atoms with Crippen LogP contribution in [0.2, 0.25) is 0 Å². The second-order valence-electron chi connectivity index (χ2n) is 12.6. The molecule has 2 amide bonds. The van der Waals surface area contributed by atoms with Crippen molar-refractivity contribution in [3.63, 3.8) is 0 Å². The summed E-state index contributed by atoms with van der Waals surface area (Å²) < 4.78 is 43.3. The summed E-state index contributed by atoms with van der Waals surface area (Å²) in [4.78, 5) is 55.1. The van der Waals surface area contributed by atoms with Crippen molar-refractivity contribution >= 4 is 49.8 Å². The first-order valence-corrected chi connectivity index (χ1v) is 18.4. The largest absolute Gasteiger partial charge is 0.469 e. The van der Waals surface area contributed by atoms with Gasteiger partial charge in [0.1, 0.15) is 12.1 Å². The van der Waals surface area contributed by atoms with Crippen LogP contribution < -0.4 is 5.32 Å². The van der Waals surface area contributed by atoms with Crippen molar-refractivity contribution in [1.29, 1.82) is 0 Å². The zero-order valence-electron chi connectivity index (χ0n) is 26.9. The van der Waals surface area contributed by atoms with Crippen LogP contribution in [0.1, 0.15) is 77.0 Å². The number of carbonyl (C=O) groups is 4. The molecular weight excluding hydrogens is 692 g/mol. The first kappa shape index (κ1) is 36.8. The Morgan fingerprint density at radius 2 is 1.79 bits per heavy atom. The molecule has 1 aliphatic heterocycles. The van der Waals surface area contributed by atoms with Crippen LogP contribution in [0.15, 0.2) is 58.9 Å². The van der Waals surface area contributed by atoms with Gasteiger partial charge < -0.3 is 19.7 Å². The van der Waals surface area contributed by atoms with Gasteiger partial charge in [0.15, 0.2) is 5.78 Å². The summed E-state index contributed by atoms with van der Waals surface area (Å²) in [6, 6.07) is 3.83. The maximum Gasteiger partial charge on any atom is 0.408 e. The number of rotatable bonds is 17. The number of methoxy groups -OCH3 is 1. The third-order valence-electron chi connectivity index (χ3n) is 9.35. The zero-order valence-corrected chi connectivity index (χ0v) is 29.3. The first-order chi connectivity index (χ1) is 22.4. The van der Waals surface area contributed by atoms with E-state index in [0.717, 1.165) is 44.9 Å². The molecule has 0 bridgehead atoms. The molecule has 0 unspecified atom stereocenters. The highest BCUT2D eigenvalue weighted by Gasteiger charge is 2.61. The van der Waals surface area contributed by atoms with Crippen LogP contribution in [-0.4, -0.2) is 75.0 Å². The van der Waals surface area contributed by atoms with E-state index < -0.39 is 57.5 Å². The highest BCUT2D eigenvalue weighted by molar-refractivity contribution is 9.10. The highest BCUT2D eigenvalue weighted by Crippen LogP contribution is 2.57. The summed E-state index contributed by atoms with van der Waals surface area (Å²) in [6.45, 7) is 7.31. The number of benzene rings is 1. The van der Waals surface area contributed by atoms with Gasteiger partial charge >= 0.3 is 12.1 Å². The van der Waals surface area contributed by atoms with Gasteiger partial charge in [-0.25, -0.2) is 4.79 Å². The Morgan fingerprint density at radius 3 is 2.40 bits per heavy atom. The average molecular weight is 738 g/mol. The fourth-order valence-corrected chi connectivity index (χ4v) is 7.98. The SMILES string of the molecule is C=CCCCCC[C@H](NC(=O)OC1CCCC1)C(=O)N1C[C@@H](OS(=O)(=O)c2ccc(Br)cc2)C[C@H]1C(=O)C[C@]1(C(=O)OC)C[C@H]1C=C. The molecule has 1 saturated heterocycles. The quantitative estimate of drug-likeness (QED) is 0.0932. The maximum atomic E-state index is 14.2. The molecule has 2 aliphatic carbocycles. The van der Waals surface area contributed by atoms with Gasteiger partial charge in [-0.3, -0.25) is 18.6 Å². The van der Waals surface area contributed by atoms with Crippen LogP contribution in [0, 0.1) is 11.3 Å². The normalized spacial score (nSPS) is 24.7. The zero-order chi connectivity index (χ0) is 34.2. The minimum absolute atomic E-state index is 0.0708. The Labute approximate surface area is 285 Å². The van der Waals surface area contributed by atoms with E-state index in [1.54, 1.807) is 18.2 Å². The number of Topliss-reactive ketones (excluding diaryl/α,β-unsaturated/α-hetero) is 1. The smallest absolute Gasteiger partial charge is 0.408 e. The number of hydrogen-bond acceptors (Lipinski definition) is 9. The minimum Gasteiger partial charge on any atom is -0.469 e. The molecule has 3 aliphatic rings. The van der Waals surface area contributed by atoms with E-state index in [0.29, 0.717) is 23.7 Å². The van der Waals surface area contributed by atoms with E-state index in [9.17, 15) is 27.6 Å². The van der Waals surface area contributed by atoms with Crippen molar-refractivity contribution < 1.29 is 41.3 Å². The van der Waals surface area contributed by atoms with Crippen LogP contribution in [0.5, 0.6) is 0 Å². The molecule has 1 aromatic rings. The van der Waals surface area contributed by atoms with Crippen molar-refractivity contribution in [3.05, 3.63) is 54.0 Å². The number of nitrogens with one attached hydrogen (secondary N) is 1. The molecule has 258 valence electrons. The second kappa shape index (κ2) is 16.4. The highest BCUT2D eigenvalue weighted by atomic mass is 79.9. The second-order valence-corrected chi connectivity index (χ2v) is 15.1. The number of likely N-dealkylation sites (tertiary alicyclic amines) is 1. The van der Waals surface area contributed by atoms with Gasteiger partial charge in [0, 0.05) is 23.9 Å². The maximum absolute atomic E-state index is 14.2. The Morgan fingerprint density at radius 1 is 1.09 bits per heavy atom. The molecule has 0 radical (unpaired) electrons. The fraction of sp³-hybridized carbons (Fsp3) is 0.588. The van der Waals surface area contributed by atoms with Crippen molar-refractivity contribution in [1.82, 2.24) is 10.2 Å². The van der Waals surface area contributed by atoms with Crippen LogP contribution in [0.25, 0.3) is 0 Å². The van der Waals surface area contributed by atoms with Crippen molar-refractivity contribution in [2.45, 2.75) is 106 Å². The molecular formula is C34H45BrN2O9S. The Kier molecular flexibility index (Phi) is 12.8. The molecule has 3 fully saturated rings. The number of nitrogens with zero attached hydrogens (tertiary/aromatic N) is 1. The lowest BCUT2D eigenvalue weighted by molar-refractivity contribution is -0.150. The van der Waals surface area contributed by atoms with Crippen LogP contribution in [-0.2, 0) is 38.2 Å². The van der Waals surface area contributed by atoms with Gasteiger partial charge in [0.25, 0.3) is 10.1 Å². The van der Waals surface area contributed by atoms with Crippen molar-refractivity contribution in [3.8, 4) is 0 Å². The van der Waals surface area contributed by atoms with Gasteiger partial charge in [-0.1, -0.05) is 40.9 Å². The van der Waals surface area contributed by atoms with E-state index in [1.165, 1.54) is 24.1 Å². The molecule has 0 aromatic heterocycles. The van der Waals surface area contributed by atoms with Crippen LogP contribution in [0.4, 0.5) is 4.79 Å². The summed E-state index contributed by atoms with van der Waals surface area (Å²) in [5.41, 5.74) is -1.08. The molecule has 4 rings (SSSR count). The van der Waals surface area contributed by atoms with E-state index in [2.05, 4.69) is 34.4 Å². The summed E-state index contributed by atoms with van der Waals surface area (Å²) >= 11 is 3.29. The van der Waals surface area contributed by atoms with E-state index in [1.807, 2.05) is 6.08 Å². The van der Waals surface area contributed by atoms with Crippen molar-refractivity contribution in [2.75, 3.05) is 13.7 Å². The number of allylic oxidation sites excluding steroid dienone is 2. The minimum atomic E-state index is -4.24. The molecule has 1 heterocycles. The van der Waals surface area contributed by atoms with Gasteiger partial charge in [-0.2, -0.15) is 8.42 Å². The van der Waals surface area contributed by atoms with E-state index in [-0.39, 0.29) is 36.3 Å². The third kappa shape index (κ3) is 9.32. The summed E-state index contributed by atoms with van der Waals surface area (Å²) in [5, 5.41) is 2.73. The Hall–Kier alpha value is -3.03. The molecule has 1 aromatic carbocycles. The molecule has 47 heavy (non-hydrogen) atoms. The number of amides is 2. The molecule has 13 heteroatoms. The molecule has 11 nitrogen and oxygen atoms in total. The fourth-order valence-electron chi connectivity index (χ4n) is 6.64. The predicted molar refractivity (Wildman–Crippen MR) is 178 cm³/mol. The van der Waals surface area contributed by atoms with Gasteiger partial charge in [0.2, 0.25) is 5.91 Å². The first-order valence-electron chi connectivity index (χ1n) is 16.2. The lowest BCUT2D eigenvalue weighted by atomic mass is 9.92. The lowest BCUT2D eigenvalue weighted by Crippen LogP contribution is -2.52. The molecule has 0 spiro atoms. The lowest BCUT2D eigenvalue weighted by Gasteiger charge is -2.29. The van der Waals surface area contributed by atoms with Crippen LogP contribution in [0.3, 0.4) is 0 Å². The topological polar surface area (TPSA) is 145 Å². The van der Waals surface area contributed by atoms with E-state index >= 15 is 0 Å².